The zero-order chi connectivity index (χ0) is 20.5. The first kappa shape index (κ1) is 19.4. The fourth-order valence-corrected chi connectivity index (χ4v) is 2.63. The number of benzene rings is 1. The monoisotopic (exact) mass is 394 g/mol. The number of nitrogens with zero attached hydrogens (tertiary/aromatic N) is 4. The third kappa shape index (κ3) is 3.97. The Labute approximate surface area is 157 Å². The van der Waals surface area contributed by atoms with Gasteiger partial charge in [0.1, 0.15) is 17.3 Å². The van der Waals surface area contributed by atoms with Gasteiger partial charge in [0.15, 0.2) is 11.5 Å². The Morgan fingerprint density at radius 1 is 1.00 bits per heavy atom. The summed E-state index contributed by atoms with van der Waals surface area (Å²) < 4.78 is 49.3. The van der Waals surface area contributed by atoms with E-state index >= 15 is 0 Å². The summed E-state index contributed by atoms with van der Waals surface area (Å²) in [5.41, 5.74) is 4.96. The average molecular weight is 394 g/mol. The van der Waals surface area contributed by atoms with Crippen molar-refractivity contribution in [3.63, 3.8) is 0 Å². The number of methoxy groups -OCH3 is 2. The molecule has 148 valence electrons. The van der Waals surface area contributed by atoms with Crippen molar-refractivity contribution in [2.75, 3.05) is 25.3 Å². The molecule has 0 bridgehead atoms. The first-order valence-corrected chi connectivity index (χ1v) is 8.06. The van der Waals surface area contributed by atoms with E-state index in [0.29, 0.717) is 34.0 Å². The molecule has 3 rings (SSSR count). The quantitative estimate of drug-likeness (QED) is 0.680. The minimum absolute atomic E-state index is 0.0459. The number of nitrogen functional groups attached to an aromatic ring is 1. The van der Waals surface area contributed by atoms with Crippen LogP contribution in [0.3, 0.4) is 0 Å². The fourth-order valence-electron chi connectivity index (χ4n) is 2.63. The van der Waals surface area contributed by atoms with Crippen LogP contribution in [0.4, 0.5) is 24.9 Å². The van der Waals surface area contributed by atoms with Crippen LogP contribution in [0.2, 0.25) is 0 Å². The predicted molar refractivity (Wildman–Crippen MR) is 96.2 cm³/mol. The van der Waals surface area contributed by atoms with Gasteiger partial charge in [0, 0.05) is 11.5 Å². The highest BCUT2D eigenvalue weighted by molar-refractivity contribution is 5.91. The number of halogens is 3. The van der Waals surface area contributed by atoms with Crippen LogP contribution in [-0.2, 0) is 12.7 Å². The minimum Gasteiger partial charge on any atom is -0.493 e. The molecule has 3 aromatic rings. The van der Waals surface area contributed by atoms with E-state index in [-0.39, 0.29) is 12.2 Å². The van der Waals surface area contributed by atoms with E-state index in [2.05, 4.69) is 25.3 Å². The molecule has 0 spiro atoms. The highest BCUT2D eigenvalue weighted by Crippen LogP contribution is 2.34. The second kappa shape index (κ2) is 7.33. The number of anilines is 2. The Morgan fingerprint density at radius 3 is 2.32 bits per heavy atom. The zero-order valence-electron chi connectivity index (χ0n) is 15.3. The summed E-state index contributed by atoms with van der Waals surface area (Å²) in [6, 6.07) is 4.22. The molecule has 1 aromatic carbocycles. The molecule has 2 heterocycles. The van der Waals surface area contributed by atoms with Crippen LogP contribution < -0.4 is 20.5 Å². The number of aromatic nitrogens is 4. The van der Waals surface area contributed by atoms with Crippen LogP contribution in [0.15, 0.2) is 18.2 Å². The summed E-state index contributed by atoms with van der Waals surface area (Å²) in [5, 5.41) is 3.59. The van der Waals surface area contributed by atoms with Crippen molar-refractivity contribution < 1.29 is 22.6 Å². The molecule has 0 unspecified atom stereocenters. The normalized spacial score (nSPS) is 11.5. The maximum Gasteiger partial charge on any atom is 0.433 e. The van der Waals surface area contributed by atoms with Gasteiger partial charge < -0.3 is 20.5 Å². The second-order valence-corrected chi connectivity index (χ2v) is 5.80. The molecule has 8 nitrogen and oxygen atoms in total. The van der Waals surface area contributed by atoms with Crippen molar-refractivity contribution in [3.05, 3.63) is 35.4 Å². The highest BCUT2D eigenvalue weighted by atomic mass is 19.4. The van der Waals surface area contributed by atoms with Gasteiger partial charge in [0.25, 0.3) is 0 Å². The van der Waals surface area contributed by atoms with E-state index in [1.54, 1.807) is 19.1 Å². The van der Waals surface area contributed by atoms with Gasteiger partial charge >= 0.3 is 6.18 Å². The van der Waals surface area contributed by atoms with E-state index in [1.807, 2.05) is 0 Å². The lowest BCUT2D eigenvalue weighted by Gasteiger charge is -2.13. The van der Waals surface area contributed by atoms with Gasteiger partial charge in [-0.2, -0.15) is 13.2 Å². The molecule has 11 heteroatoms. The minimum atomic E-state index is -4.62. The van der Waals surface area contributed by atoms with Gasteiger partial charge in [0.05, 0.1) is 32.0 Å². The highest BCUT2D eigenvalue weighted by Gasteiger charge is 2.33. The molecule has 3 N–H and O–H groups in total. The number of alkyl halides is 3. The summed E-state index contributed by atoms with van der Waals surface area (Å²) >= 11 is 0. The smallest absolute Gasteiger partial charge is 0.433 e. The maximum absolute atomic E-state index is 12.9. The van der Waals surface area contributed by atoms with E-state index in [0.717, 1.165) is 6.07 Å². The molecule has 0 atom stereocenters. The molecule has 0 saturated carbocycles. The lowest BCUT2D eigenvalue weighted by atomic mass is 10.2. The number of fused-ring (bicyclic) bond motifs is 1. The lowest BCUT2D eigenvalue weighted by molar-refractivity contribution is -0.141. The summed E-state index contributed by atoms with van der Waals surface area (Å²) in [5.74, 6) is 1.39. The fraction of sp³-hybridized carbons (Fsp3) is 0.294. The number of hydrogen-bond acceptors (Lipinski definition) is 8. The Hall–Kier alpha value is -3.37. The van der Waals surface area contributed by atoms with Crippen molar-refractivity contribution in [2.24, 2.45) is 0 Å². The van der Waals surface area contributed by atoms with Crippen LogP contribution in [-0.4, -0.2) is 34.2 Å². The Morgan fingerprint density at radius 2 is 1.68 bits per heavy atom. The van der Waals surface area contributed by atoms with Crippen LogP contribution in [0, 0.1) is 6.92 Å². The number of rotatable bonds is 5. The largest absolute Gasteiger partial charge is 0.493 e. The predicted octanol–water partition coefficient (Wildman–Crippen LogP) is 2.96. The molecule has 0 radical (unpaired) electrons. The summed E-state index contributed by atoms with van der Waals surface area (Å²) in [6.07, 6.45) is -4.62. The summed E-state index contributed by atoms with van der Waals surface area (Å²) in [6.45, 7) is 1.65. The zero-order valence-corrected chi connectivity index (χ0v) is 15.3. The van der Waals surface area contributed by atoms with Gasteiger partial charge in [-0.1, -0.05) is 0 Å². The van der Waals surface area contributed by atoms with Gasteiger partial charge in [-0.15, -0.1) is 0 Å². The van der Waals surface area contributed by atoms with Gasteiger partial charge in [-0.3, -0.25) is 0 Å². The van der Waals surface area contributed by atoms with Crippen molar-refractivity contribution in [2.45, 2.75) is 19.6 Å². The molecule has 0 saturated heterocycles. The molecule has 0 amide bonds. The second-order valence-electron chi connectivity index (χ2n) is 5.80. The average Bonchev–Trinajstić information content (AvgIpc) is 2.63. The molecular formula is C17H17F3N6O2. The van der Waals surface area contributed by atoms with Crippen molar-refractivity contribution >= 4 is 22.7 Å². The number of ether oxygens (including phenoxy) is 2. The lowest BCUT2D eigenvalue weighted by Crippen LogP contribution is -2.14. The molecule has 0 fully saturated rings. The Kier molecular flexibility index (Phi) is 5.08. The van der Waals surface area contributed by atoms with E-state index < -0.39 is 17.8 Å². The van der Waals surface area contributed by atoms with Crippen LogP contribution >= 0.6 is 0 Å². The number of aryl methyl sites for hydroxylation is 1. The standard InChI is InChI=1S/C17H17F3N6O2/c1-8-23-11-6-13(28-3)12(27-2)5-10(11)15(24-8)22-7-9-4-14(17(18,19)20)26-16(21)25-9/h4-6H,7H2,1-3H3,(H2,21,25,26)(H,22,23,24). The first-order chi connectivity index (χ1) is 13.2. The molecule has 2 aromatic heterocycles. The SMILES string of the molecule is COc1cc2nc(C)nc(NCc3cc(C(F)(F)F)nc(N)n3)c2cc1OC. The van der Waals surface area contributed by atoms with Crippen LogP contribution in [0.5, 0.6) is 11.5 Å². The molecular weight excluding hydrogens is 377 g/mol. The van der Waals surface area contributed by atoms with Gasteiger partial charge in [-0.25, -0.2) is 19.9 Å². The topological polar surface area (TPSA) is 108 Å². The Bertz CT molecular complexity index is 1030. The van der Waals surface area contributed by atoms with Crippen molar-refractivity contribution in [3.8, 4) is 11.5 Å². The number of nitrogens with one attached hydrogen (secondary N) is 1. The molecule has 0 aliphatic heterocycles. The molecule has 0 aliphatic rings. The number of nitrogens with two attached hydrogens (primary N) is 1. The van der Waals surface area contributed by atoms with Gasteiger partial charge in [0.2, 0.25) is 5.95 Å². The van der Waals surface area contributed by atoms with Gasteiger partial charge in [-0.05, 0) is 19.1 Å². The first-order valence-electron chi connectivity index (χ1n) is 8.06. The molecule has 28 heavy (non-hydrogen) atoms. The summed E-state index contributed by atoms with van der Waals surface area (Å²) in [4.78, 5) is 15.7. The van der Waals surface area contributed by atoms with E-state index in [1.165, 1.54) is 14.2 Å². The van der Waals surface area contributed by atoms with E-state index in [4.69, 9.17) is 15.2 Å². The molecule has 0 aliphatic carbocycles. The summed E-state index contributed by atoms with van der Waals surface area (Å²) in [7, 11) is 3.00. The maximum atomic E-state index is 12.9. The number of hydrogen-bond donors (Lipinski definition) is 2. The third-order valence-electron chi connectivity index (χ3n) is 3.84. The van der Waals surface area contributed by atoms with Crippen LogP contribution in [0.1, 0.15) is 17.2 Å². The van der Waals surface area contributed by atoms with E-state index in [9.17, 15) is 13.2 Å². The Balaban J connectivity index is 1.98. The van der Waals surface area contributed by atoms with Crippen molar-refractivity contribution in [1.82, 2.24) is 19.9 Å². The van der Waals surface area contributed by atoms with Crippen LogP contribution in [0.25, 0.3) is 10.9 Å². The third-order valence-corrected chi connectivity index (χ3v) is 3.84. The van der Waals surface area contributed by atoms with Crippen molar-refractivity contribution in [1.29, 1.82) is 0 Å².